The average Bonchev–Trinajstić information content (AvgIpc) is 2.55. The third kappa shape index (κ3) is 4.88. The molecule has 1 aromatic carbocycles. The first-order chi connectivity index (χ1) is 11.4. The summed E-state index contributed by atoms with van der Waals surface area (Å²) in [6, 6.07) is 6.30. The van der Waals surface area contributed by atoms with Crippen molar-refractivity contribution < 1.29 is 18.3 Å². The predicted molar refractivity (Wildman–Crippen MR) is 89.4 cm³/mol. The maximum absolute atomic E-state index is 12.5. The summed E-state index contributed by atoms with van der Waals surface area (Å²) < 4.78 is 29.4. The van der Waals surface area contributed by atoms with Gasteiger partial charge in [0.25, 0.3) is 0 Å². The lowest BCUT2D eigenvalue weighted by molar-refractivity contribution is -0.121. The van der Waals surface area contributed by atoms with Crippen molar-refractivity contribution in [1.29, 1.82) is 0 Å². The number of carbonyl (C=O) groups is 1. The lowest BCUT2D eigenvalue weighted by Gasteiger charge is -2.38. The maximum Gasteiger partial charge on any atom is 0.387 e. The van der Waals surface area contributed by atoms with Crippen molar-refractivity contribution in [2.45, 2.75) is 38.5 Å². The Balaban J connectivity index is 2.01. The van der Waals surface area contributed by atoms with Gasteiger partial charge in [-0.3, -0.25) is 9.69 Å². The molecule has 0 spiro atoms. The van der Waals surface area contributed by atoms with E-state index < -0.39 is 6.61 Å². The van der Waals surface area contributed by atoms with Crippen molar-refractivity contribution in [2.75, 3.05) is 32.5 Å². The summed E-state index contributed by atoms with van der Waals surface area (Å²) in [5.74, 6) is -0.252. The van der Waals surface area contributed by atoms with Crippen molar-refractivity contribution in [3.63, 3.8) is 0 Å². The normalized spacial score (nSPS) is 20.2. The highest BCUT2D eigenvalue weighted by Crippen LogP contribution is 2.26. The van der Waals surface area contributed by atoms with Gasteiger partial charge in [-0.05, 0) is 52.5 Å². The molecule has 0 aliphatic carbocycles. The number of rotatable bonds is 6. The molecule has 1 aliphatic rings. The van der Waals surface area contributed by atoms with Crippen LogP contribution in [-0.2, 0) is 4.79 Å². The highest BCUT2D eigenvalue weighted by Gasteiger charge is 2.28. The van der Waals surface area contributed by atoms with E-state index in [1.165, 1.54) is 6.07 Å². The molecular weight excluding hydrogens is 316 g/mol. The first-order valence-corrected chi connectivity index (χ1v) is 8.13. The first kappa shape index (κ1) is 18.6. The molecule has 2 atom stereocenters. The number of carbonyl (C=O) groups excluding carboxylic acids is 1. The minimum atomic E-state index is -2.93. The number of hydrogen-bond acceptors (Lipinski definition) is 4. The van der Waals surface area contributed by atoms with Gasteiger partial charge < -0.3 is 15.0 Å². The Morgan fingerprint density at radius 1 is 1.38 bits per heavy atom. The van der Waals surface area contributed by atoms with E-state index in [2.05, 4.69) is 19.9 Å². The molecule has 0 aromatic heterocycles. The summed E-state index contributed by atoms with van der Waals surface area (Å²) in [6.45, 7) is 0.581. The van der Waals surface area contributed by atoms with Crippen molar-refractivity contribution in [3.8, 4) is 5.75 Å². The van der Waals surface area contributed by atoms with E-state index in [1.807, 2.05) is 21.0 Å². The molecule has 1 aromatic rings. The van der Waals surface area contributed by atoms with Gasteiger partial charge in [0.1, 0.15) is 5.75 Å². The largest absolute Gasteiger partial charge is 0.433 e. The molecule has 7 heteroatoms. The zero-order valence-corrected chi connectivity index (χ0v) is 14.3. The first-order valence-electron chi connectivity index (χ1n) is 8.13. The Labute approximate surface area is 141 Å². The molecule has 0 bridgehead atoms. The van der Waals surface area contributed by atoms with E-state index in [4.69, 9.17) is 0 Å². The molecule has 134 valence electrons. The molecule has 1 amide bonds. The van der Waals surface area contributed by atoms with Crippen molar-refractivity contribution >= 4 is 11.6 Å². The van der Waals surface area contributed by atoms with Gasteiger partial charge in [0.2, 0.25) is 5.91 Å². The smallest absolute Gasteiger partial charge is 0.387 e. The Bertz CT molecular complexity index is 554. The molecular formula is C17H25F2N3O2. The third-order valence-electron chi connectivity index (χ3n) is 4.45. The van der Waals surface area contributed by atoms with Crippen LogP contribution in [0.1, 0.15) is 19.8 Å². The van der Waals surface area contributed by atoms with Gasteiger partial charge in [0, 0.05) is 12.6 Å². The Hall–Kier alpha value is -1.73. The van der Waals surface area contributed by atoms with E-state index in [-0.39, 0.29) is 23.4 Å². The molecule has 24 heavy (non-hydrogen) atoms. The molecule has 0 radical (unpaired) electrons. The number of halogens is 2. The van der Waals surface area contributed by atoms with Gasteiger partial charge in [0.15, 0.2) is 0 Å². The number of likely N-dealkylation sites (N-methyl/N-ethyl adjacent to an activating group) is 1. The third-order valence-corrected chi connectivity index (χ3v) is 4.45. The van der Waals surface area contributed by atoms with Gasteiger partial charge in [-0.25, -0.2) is 0 Å². The quantitative estimate of drug-likeness (QED) is 0.864. The number of piperidine rings is 1. The van der Waals surface area contributed by atoms with Gasteiger partial charge >= 0.3 is 6.61 Å². The van der Waals surface area contributed by atoms with Crippen LogP contribution in [0.25, 0.3) is 0 Å². The fourth-order valence-corrected chi connectivity index (χ4v) is 2.93. The SMILES string of the molecule is CC(C(=O)Nc1ccccc1OC(F)F)N1CCCC(N(C)C)C1. The monoisotopic (exact) mass is 341 g/mol. The summed E-state index contributed by atoms with van der Waals surface area (Å²) in [5.41, 5.74) is 0.260. The molecule has 2 rings (SSSR count). The van der Waals surface area contributed by atoms with E-state index >= 15 is 0 Å². The molecule has 1 heterocycles. The molecule has 5 nitrogen and oxygen atoms in total. The van der Waals surface area contributed by atoms with E-state index in [1.54, 1.807) is 18.2 Å². The topological polar surface area (TPSA) is 44.8 Å². The molecule has 1 aliphatic heterocycles. The summed E-state index contributed by atoms with van der Waals surface area (Å²) in [5, 5.41) is 2.70. The van der Waals surface area contributed by atoms with Crippen molar-refractivity contribution in [1.82, 2.24) is 9.80 Å². The van der Waals surface area contributed by atoms with E-state index in [0.29, 0.717) is 6.04 Å². The molecule has 1 N–H and O–H groups in total. The number of nitrogens with one attached hydrogen (secondary N) is 1. The number of para-hydroxylation sites is 2. The summed E-state index contributed by atoms with van der Waals surface area (Å²) >= 11 is 0. The van der Waals surface area contributed by atoms with Crippen LogP contribution < -0.4 is 10.1 Å². The van der Waals surface area contributed by atoms with Crippen LogP contribution in [0.5, 0.6) is 5.75 Å². The lowest BCUT2D eigenvalue weighted by Crippen LogP contribution is -2.51. The number of ether oxygens (including phenoxy) is 1. The van der Waals surface area contributed by atoms with Crippen LogP contribution in [0.15, 0.2) is 24.3 Å². The highest BCUT2D eigenvalue weighted by atomic mass is 19.3. The highest BCUT2D eigenvalue weighted by molar-refractivity contribution is 5.95. The summed E-state index contributed by atoms with van der Waals surface area (Å²) in [4.78, 5) is 16.8. The summed E-state index contributed by atoms with van der Waals surface area (Å²) in [6.07, 6.45) is 2.15. The van der Waals surface area contributed by atoms with Gasteiger partial charge in [0.05, 0.1) is 11.7 Å². The number of benzene rings is 1. The standard InChI is InChI=1S/C17H25F2N3O2/c1-12(22-10-6-7-13(11-22)21(2)3)16(23)20-14-8-4-5-9-15(14)24-17(18)19/h4-5,8-9,12-13,17H,6-7,10-11H2,1-3H3,(H,20,23). The van der Waals surface area contributed by atoms with E-state index in [9.17, 15) is 13.6 Å². The summed E-state index contributed by atoms with van der Waals surface area (Å²) in [7, 11) is 4.08. The van der Waals surface area contributed by atoms with E-state index in [0.717, 1.165) is 25.9 Å². The zero-order valence-electron chi connectivity index (χ0n) is 14.3. The van der Waals surface area contributed by atoms with Gasteiger partial charge in [-0.15, -0.1) is 0 Å². The van der Waals surface area contributed by atoms with Crippen LogP contribution in [0, 0.1) is 0 Å². The number of nitrogens with zero attached hydrogens (tertiary/aromatic N) is 2. The molecule has 1 fully saturated rings. The fraction of sp³-hybridized carbons (Fsp3) is 0.588. The zero-order chi connectivity index (χ0) is 17.7. The van der Waals surface area contributed by atoms with Crippen LogP contribution in [0.3, 0.4) is 0 Å². The molecule has 1 saturated heterocycles. The minimum absolute atomic E-state index is 0.0298. The number of alkyl halides is 2. The second-order valence-corrected chi connectivity index (χ2v) is 6.29. The Morgan fingerprint density at radius 2 is 2.08 bits per heavy atom. The van der Waals surface area contributed by atoms with Crippen molar-refractivity contribution in [2.24, 2.45) is 0 Å². The van der Waals surface area contributed by atoms with Crippen LogP contribution in [0.2, 0.25) is 0 Å². The Kier molecular flexibility index (Phi) is 6.51. The second kappa shape index (κ2) is 8.39. The Morgan fingerprint density at radius 3 is 2.75 bits per heavy atom. The van der Waals surface area contributed by atoms with Gasteiger partial charge in [-0.2, -0.15) is 8.78 Å². The fourth-order valence-electron chi connectivity index (χ4n) is 2.93. The number of anilines is 1. The number of likely N-dealkylation sites (tertiary alicyclic amines) is 1. The van der Waals surface area contributed by atoms with Crippen LogP contribution in [0.4, 0.5) is 14.5 Å². The second-order valence-electron chi connectivity index (χ2n) is 6.29. The molecule has 2 unspecified atom stereocenters. The van der Waals surface area contributed by atoms with Crippen LogP contribution in [-0.4, -0.2) is 61.6 Å². The molecule has 0 saturated carbocycles. The maximum atomic E-state index is 12.5. The predicted octanol–water partition coefficient (Wildman–Crippen LogP) is 2.64. The average molecular weight is 341 g/mol. The van der Waals surface area contributed by atoms with Crippen LogP contribution >= 0.6 is 0 Å². The minimum Gasteiger partial charge on any atom is -0.433 e. The number of hydrogen-bond donors (Lipinski definition) is 1. The van der Waals surface area contributed by atoms with Crippen molar-refractivity contribution in [3.05, 3.63) is 24.3 Å². The van der Waals surface area contributed by atoms with Gasteiger partial charge in [-0.1, -0.05) is 12.1 Å². The number of amides is 1. The lowest BCUT2D eigenvalue weighted by atomic mass is 10.0.